The van der Waals surface area contributed by atoms with Gasteiger partial charge in [-0.05, 0) is 35.9 Å². The van der Waals surface area contributed by atoms with Gasteiger partial charge in [-0.15, -0.1) is 0 Å². The van der Waals surface area contributed by atoms with Crippen molar-refractivity contribution in [2.24, 2.45) is 4.99 Å². The summed E-state index contributed by atoms with van der Waals surface area (Å²) in [5.41, 5.74) is -1.62. The normalized spacial score (nSPS) is 18.1. The number of aliphatic imine (C=N–C) groups is 1. The molecule has 0 aromatic heterocycles. The Bertz CT molecular complexity index is 1080. The number of carbonyl (C=O) groups is 1. The fourth-order valence-electron chi connectivity index (χ4n) is 3.01. The lowest BCUT2D eigenvalue weighted by molar-refractivity contribution is -0.141. The second-order valence-electron chi connectivity index (χ2n) is 6.01. The molecule has 1 atom stereocenters. The number of nitrogens with zero attached hydrogens (tertiary/aromatic N) is 2. The molecule has 0 spiro atoms. The van der Waals surface area contributed by atoms with E-state index in [2.05, 4.69) is 9.73 Å². The van der Waals surface area contributed by atoms with Crippen LogP contribution in [-0.2, 0) is 15.7 Å². The zero-order valence-electron chi connectivity index (χ0n) is 17.8. The van der Waals surface area contributed by atoms with E-state index in [0.29, 0.717) is 12.1 Å². The summed E-state index contributed by atoms with van der Waals surface area (Å²) >= 11 is 6.23. The Kier molecular flexibility index (Phi) is 4.65. The van der Waals surface area contributed by atoms with Gasteiger partial charge in [-0.2, -0.15) is 13.2 Å². The van der Waals surface area contributed by atoms with Crippen LogP contribution in [0.5, 0.6) is 5.75 Å². The molecule has 0 aliphatic carbocycles. The molecule has 2 aromatic rings. The molecule has 1 heterocycles. The Morgan fingerprint density at radius 3 is 2.76 bits per heavy atom. The molecule has 1 unspecified atom stereocenters. The molecular weight excluding hydrogens is 416 g/mol. The van der Waals surface area contributed by atoms with E-state index in [1.54, 1.807) is 0 Å². The van der Waals surface area contributed by atoms with Gasteiger partial charge >= 0.3 is 12.1 Å². The van der Waals surface area contributed by atoms with Crippen LogP contribution in [0.4, 0.5) is 28.9 Å². The van der Waals surface area contributed by atoms with Crippen molar-refractivity contribution in [1.29, 1.82) is 0 Å². The second kappa shape index (κ2) is 7.90. The number of amidine groups is 1. The molecule has 0 fully saturated rings. The van der Waals surface area contributed by atoms with Crippen LogP contribution in [0.2, 0.25) is 0 Å². The lowest BCUT2D eigenvalue weighted by atomic mass is 9.97. The molecule has 29 heavy (non-hydrogen) atoms. The van der Waals surface area contributed by atoms with E-state index in [-0.39, 0.29) is 11.3 Å². The van der Waals surface area contributed by atoms with Crippen LogP contribution in [0.15, 0.2) is 41.4 Å². The van der Waals surface area contributed by atoms with Crippen molar-refractivity contribution in [2.75, 3.05) is 19.0 Å². The average molecular weight is 434 g/mol. The van der Waals surface area contributed by atoms with E-state index < -0.39 is 59.8 Å². The average Bonchev–Trinajstić information content (AvgIpc) is 2.67. The molecule has 10 heteroatoms. The fourth-order valence-corrected chi connectivity index (χ4v) is 3.30. The molecule has 1 aliphatic heterocycles. The first kappa shape index (κ1) is 17.1. The molecule has 0 saturated heterocycles. The monoisotopic (exact) mass is 433 g/mol. The number of para-hydroxylation sites is 1. The zero-order chi connectivity index (χ0) is 23.8. The molecule has 2 aromatic carbocycles. The number of fused-ring (bicyclic) bond motifs is 1. The van der Waals surface area contributed by atoms with E-state index in [1.165, 1.54) is 12.1 Å². The zero-order valence-corrected chi connectivity index (χ0v) is 15.5. The summed E-state index contributed by atoms with van der Waals surface area (Å²) in [5.74, 6) is -2.01. The standard InChI is InChI=1S/C19H15ClF4N2O3/c1-28-15-7-6-10(19(22,23)24)8-14(15)26-13(9-16(27)29-2)11-4-3-5-12(21)17(11)25-18(26)20/h3-8,13H,9H2,1-2H3/i1D3. The molecule has 0 radical (unpaired) electrons. The number of rotatable bonds is 4. The van der Waals surface area contributed by atoms with E-state index in [0.717, 1.165) is 24.1 Å². The van der Waals surface area contributed by atoms with Crippen molar-refractivity contribution in [1.82, 2.24) is 0 Å². The highest BCUT2D eigenvalue weighted by Gasteiger charge is 2.37. The van der Waals surface area contributed by atoms with Crippen LogP contribution in [-0.4, -0.2) is 25.4 Å². The van der Waals surface area contributed by atoms with Crippen molar-refractivity contribution in [3.63, 3.8) is 0 Å². The van der Waals surface area contributed by atoms with Crippen LogP contribution in [0.3, 0.4) is 0 Å². The van der Waals surface area contributed by atoms with Gasteiger partial charge in [0.15, 0.2) is 0 Å². The number of ether oxygens (including phenoxy) is 2. The minimum Gasteiger partial charge on any atom is -0.495 e. The van der Waals surface area contributed by atoms with Gasteiger partial charge in [-0.1, -0.05) is 12.1 Å². The number of benzene rings is 2. The smallest absolute Gasteiger partial charge is 0.416 e. The van der Waals surface area contributed by atoms with Crippen LogP contribution in [0.1, 0.15) is 27.7 Å². The van der Waals surface area contributed by atoms with Gasteiger partial charge in [-0.3, -0.25) is 4.79 Å². The lowest BCUT2D eigenvalue weighted by Crippen LogP contribution is -2.36. The van der Waals surface area contributed by atoms with Crippen LogP contribution in [0.25, 0.3) is 0 Å². The van der Waals surface area contributed by atoms with Crippen LogP contribution >= 0.6 is 11.6 Å². The Morgan fingerprint density at radius 1 is 1.34 bits per heavy atom. The number of hydrogen-bond acceptors (Lipinski definition) is 5. The van der Waals surface area contributed by atoms with E-state index in [9.17, 15) is 22.4 Å². The summed E-state index contributed by atoms with van der Waals surface area (Å²) in [4.78, 5) is 17.0. The van der Waals surface area contributed by atoms with Crippen molar-refractivity contribution >= 4 is 34.2 Å². The largest absolute Gasteiger partial charge is 0.495 e. The van der Waals surface area contributed by atoms with E-state index in [1.807, 2.05) is 0 Å². The third-order valence-electron chi connectivity index (χ3n) is 4.33. The van der Waals surface area contributed by atoms with E-state index >= 15 is 0 Å². The number of esters is 1. The van der Waals surface area contributed by atoms with Gasteiger partial charge < -0.3 is 14.4 Å². The van der Waals surface area contributed by atoms with E-state index in [4.69, 9.17) is 20.5 Å². The van der Waals surface area contributed by atoms with Gasteiger partial charge in [-0.25, -0.2) is 9.38 Å². The maximum absolute atomic E-state index is 14.3. The predicted octanol–water partition coefficient (Wildman–Crippen LogP) is 5.20. The highest BCUT2D eigenvalue weighted by Crippen LogP contribution is 2.46. The molecule has 1 aliphatic rings. The molecule has 3 rings (SSSR count). The van der Waals surface area contributed by atoms with Crippen LogP contribution in [0, 0.1) is 5.82 Å². The third kappa shape index (κ3) is 4.00. The van der Waals surface area contributed by atoms with Crippen molar-refractivity contribution in [3.8, 4) is 5.75 Å². The molecule has 0 saturated carbocycles. The maximum atomic E-state index is 14.3. The first-order valence-electron chi connectivity index (χ1n) is 9.60. The van der Waals surface area contributed by atoms with Gasteiger partial charge in [0.2, 0.25) is 5.29 Å². The molecule has 0 N–H and O–H groups in total. The number of alkyl halides is 3. The minimum absolute atomic E-state index is 0.136. The summed E-state index contributed by atoms with van der Waals surface area (Å²) in [7, 11) is -1.90. The summed E-state index contributed by atoms with van der Waals surface area (Å²) in [6, 6.07) is 4.77. The molecule has 0 amide bonds. The maximum Gasteiger partial charge on any atom is 0.416 e. The second-order valence-corrected chi connectivity index (χ2v) is 6.34. The Balaban J connectivity index is 2.26. The topological polar surface area (TPSA) is 51.1 Å². The number of hydrogen-bond donors (Lipinski definition) is 0. The number of carbonyl (C=O) groups excluding carboxylic acids is 1. The summed E-state index contributed by atoms with van der Waals surface area (Å²) in [6.07, 6.45) is -5.24. The first-order chi connectivity index (χ1) is 14.8. The quantitative estimate of drug-likeness (QED) is 0.377. The van der Waals surface area contributed by atoms with Crippen molar-refractivity contribution in [2.45, 2.75) is 18.6 Å². The minimum atomic E-state index is -4.78. The Labute approximate surface area is 172 Å². The Hall–Kier alpha value is -2.81. The number of methoxy groups -OCH3 is 2. The SMILES string of the molecule is [2H]C([2H])([2H])Oc1ccc(C(F)(F)F)cc1N1C(Cl)=Nc2c(F)cccc2C1CC(=O)OC. The number of anilines is 1. The molecule has 0 bridgehead atoms. The highest BCUT2D eigenvalue weighted by molar-refractivity contribution is 6.68. The lowest BCUT2D eigenvalue weighted by Gasteiger charge is -2.36. The van der Waals surface area contributed by atoms with Crippen molar-refractivity contribution < 1.29 is 35.9 Å². The van der Waals surface area contributed by atoms with Gasteiger partial charge in [0.05, 0.1) is 42.0 Å². The van der Waals surface area contributed by atoms with Crippen LogP contribution < -0.4 is 9.64 Å². The third-order valence-corrected chi connectivity index (χ3v) is 4.60. The summed E-state index contributed by atoms with van der Waals surface area (Å²) < 4.78 is 86.1. The summed E-state index contributed by atoms with van der Waals surface area (Å²) in [5, 5.41) is -0.494. The summed E-state index contributed by atoms with van der Waals surface area (Å²) in [6.45, 7) is 0. The predicted molar refractivity (Wildman–Crippen MR) is 99.2 cm³/mol. The van der Waals surface area contributed by atoms with Crippen molar-refractivity contribution in [3.05, 3.63) is 53.3 Å². The van der Waals surface area contributed by atoms with Gasteiger partial charge in [0.1, 0.15) is 17.3 Å². The molecule has 154 valence electrons. The first-order valence-corrected chi connectivity index (χ1v) is 8.48. The van der Waals surface area contributed by atoms with Gasteiger partial charge in [0, 0.05) is 5.56 Å². The molecular formula is C19H15ClF4N2O3. The highest BCUT2D eigenvalue weighted by atomic mass is 35.5. The van der Waals surface area contributed by atoms with Gasteiger partial charge in [0.25, 0.3) is 0 Å². The number of halogens is 5. The molecule has 5 nitrogen and oxygen atoms in total. The fraction of sp³-hybridized carbons (Fsp3) is 0.263. The Morgan fingerprint density at radius 2 is 2.10 bits per heavy atom.